The lowest BCUT2D eigenvalue weighted by atomic mass is 9.97. The normalized spacial score (nSPS) is 15.5. The van der Waals surface area contributed by atoms with Crippen LogP contribution in [0.3, 0.4) is 0 Å². The summed E-state index contributed by atoms with van der Waals surface area (Å²) in [5.41, 5.74) is 29.0. The molecule has 1 heterocycles. The number of nitrogens with two attached hydrogens (primary N) is 5. The molecule has 0 aliphatic carbocycles. The maximum atomic E-state index is 14.6. The van der Waals surface area contributed by atoms with Gasteiger partial charge in [-0.25, -0.2) is 4.79 Å². The van der Waals surface area contributed by atoms with E-state index in [1.165, 1.54) is 31.2 Å². The molecule has 10 amide bonds. The largest absolute Gasteiger partial charge is 0.508 e. The van der Waals surface area contributed by atoms with Crippen molar-refractivity contribution in [1.29, 1.82) is 0 Å². The number of carbonyl (C=O) groups is 11. The Morgan fingerprint density at radius 1 is 0.576 bits per heavy atom. The number of aromatic nitrogens is 1. The number of hydrogen-bond acceptors (Lipinski definition) is 16. The number of aliphatic hydroxyl groups excluding tert-OH is 2. The highest BCUT2D eigenvalue weighted by atomic mass is 16.4. The summed E-state index contributed by atoms with van der Waals surface area (Å²) < 4.78 is 0. The van der Waals surface area contributed by atoms with E-state index in [2.05, 4.69) is 52.5 Å². The van der Waals surface area contributed by atoms with E-state index in [9.17, 15) is 73.2 Å². The van der Waals surface area contributed by atoms with Crippen molar-refractivity contribution in [3.8, 4) is 5.75 Å². The zero-order valence-corrected chi connectivity index (χ0v) is 48.4. The molecule has 0 saturated heterocycles. The lowest BCUT2D eigenvalue weighted by Gasteiger charge is -2.30. The average Bonchev–Trinajstić information content (AvgIpc) is 3.62. The van der Waals surface area contributed by atoms with E-state index < -0.39 is 150 Å². The highest BCUT2D eigenvalue weighted by Gasteiger charge is 2.38. The van der Waals surface area contributed by atoms with Crippen molar-refractivity contribution in [2.75, 3.05) is 6.54 Å². The molecule has 0 radical (unpaired) electrons. The number of hydrogen-bond donors (Lipinski definition) is 18. The number of para-hydroxylation sites is 1. The molecule has 30 nitrogen and oxygen atoms in total. The van der Waals surface area contributed by atoms with Gasteiger partial charge in [0.2, 0.25) is 59.1 Å². The molecule has 0 aliphatic rings. The number of amides is 10. The molecule has 0 fully saturated rings. The van der Waals surface area contributed by atoms with Gasteiger partial charge in [0.15, 0.2) is 5.96 Å². The molecule has 1 aromatic heterocycles. The minimum Gasteiger partial charge on any atom is -0.508 e. The van der Waals surface area contributed by atoms with Crippen LogP contribution in [0.15, 0.2) is 59.7 Å². The Labute approximate surface area is 490 Å². The molecule has 0 bridgehead atoms. The van der Waals surface area contributed by atoms with Gasteiger partial charge < -0.3 is 96.6 Å². The summed E-state index contributed by atoms with van der Waals surface area (Å²) in [4.78, 5) is 156. The molecule has 0 unspecified atom stereocenters. The highest BCUT2D eigenvalue weighted by molar-refractivity contribution is 5.99. The number of phenols is 1. The van der Waals surface area contributed by atoms with E-state index in [4.69, 9.17) is 28.7 Å². The smallest absolute Gasteiger partial charge is 0.326 e. The number of nitrogens with one attached hydrogen (secondary N) is 9. The first kappa shape index (κ1) is 70.4. The van der Waals surface area contributed by atoms with E-state index in [0.717, 1.165) is 6.92 Å². The zero-order valence-electron chi connectivity index (χ0n) is 48.4. The minimum absolute atomic E-state index is 0.0113. The van der Waals surface area contributed by atoms with Gasteiger partial charge >= 0.3 is 5.97 Å². The number of aromatic hydroxyl groups is 1. The van der Waals surface area contributed by atoms with Gasteiger partial charge in [-0.15, -0.1) is 0 Å². The second-order valence-electron chi connectivity index (χ2n) is 21.3. The average molecular weight is 1190 g/mol. The first-order chi connectivity index (χ1) is 39.9. The summed E-state index contributed by atoms with van der Waals surface area (Å²) >= 11 is 0. The number of nitrogens with zero attached hydrogens (tertiary/aromatic N) is 1. The fourth-order valence-corrected chi connectivity index (χ4v) is 8.68. The van der Waals surface area contributed by atoms with Crippen LogP contribution in [0.25, 0.3) is 10.9 Å². The summed E-state index contributed by atoms with van der Waals surface area (Å²) in [6.07, 6.45) is -3.43. The van der Waals surface area contributed by atoms with Gasteiger partial charge in [0, 0.05) is 42.9 Å². The van der Waals surface area contributed by atoms with E-state index in [1.807, 2.05) is 0 Å². The van der Waals surface area contributed by atoms with Gasteiger partial charge in [-0.2, -0.15) is 0 Å². The first-order valence-corrected chi connectivity index (χ1v) is 27.6. The summed E-state index contributed by atoms with van der Waals surface area (Å²) in [7, 11) is 0. The van der Waals surface area contributed by atoms with E-state index >= 15 is 0 Å². The molecule has 2 aromatic carbocycles. The number of carboxylic acids is 1. The predicted octanol–water partition coefficient (Wildman–Crippen LogP) is -4.00. The molecule has 0 aliphatic heterocycles. The number of carboxylic acid groups (broad SMARTS) is 1. The van der Waals surface area contributed by atoms with E-state index in [-0.39, 0.29) is 62.7 Å². The van der Waals surface area contributed by atoms with Crippen molar-refractivity contribution in [3.05, 3.63) is 65.9 Å². The van der Waals surface area contributed by atoms with Crippen molar-refractivity contribution in [1.82, 2.24) is 47.5 Å². The molecule has 3 aromatic rings. The number of aliphatic carboxylic acids is 1. The van der Waals surface area contributed by atoms with Crippen molar-refractivity contribution < 1.29 is 73.2 Å². The number of aliphatic imine (C=N–C) groups is 1. The molecule has 0 spiro atoms. The Bertz CT molecular complexity index is 2840. The number of aliphatic hydroxyl groups is 2. The van der Waals surface area contributed by atoms with Crippen molar-refractivity contribution in [3.63, 3.8) is 0 Å². The molecule has 3 rings (SSSR count). The Balaban J connectivity index is 2.02. The molecule has 85 heavy (non-hydrogen) atoms. The van der Waals surface area contributed by atoms with Gasteiger partial charge in [0.1, 0.15) is 60.1 Å². The second-order valence-corrected chi connectivity index (χ2v) is 21.3. The van der Waals surface area contributed by atoms with E-state index in [1.54, 1.807) is 58.2 Å². The minimum atomic E-state index is -1.87. The third-order valence-electron chi connectivity index (χ3n) is 13.7. The fourth-order valence-electron chi connectivity index (χ4n) is 8.68. The number of rotatable bonds is 36. The molecule has 468 valence electrons. The fraction of sp³-hybridized carbons (Fsp3) is 0.527. The standard InChI is InChI=1S/C55H83N15O15/c1-7-27(4)44(69-51(81)43(58)28(5)71)52(82)68-40(24-42(57)75)49(79)65-38(22-30-14-16-32(73)17-15-30)50(80)70-45(29(6)72)53(83)67-37(21-26(2)3)47(77)66-39(23-31-25-62-34-12-9-8-11-33(31)34)48(78)63-35(13-10-20-61-55(59)60)46(76)64-36(54(84)85)18-19-41(56)74/h8-9,11-12,14-17,25-29,35-40,43-45,62,71-73H,7,10,13,18-24,58H2,1-6H3,(H2,56,74)(H2,57,75)(H,63,78)(H,64,76)(H,65,79)(H,66,77)(H,67,83)(H,68,82)(H,69,81)(H,70,80)(H,84,85)(H4,59,60,61)/t27-,28+,29+,35-,36-,37-,38-,39-,40-,43-,44-,45-/m0/s1. The Morgan fingerprint density at radius 2 is 1.09 bits per heavy atom. The lowest BCUT2D eigenvalue weighted by Crippen LogP contribution is -2.63. The van der Waals surface area contributed by atoms with Crippen molar-refractivity contribution in [2.24, 2.45) is 45.5 Å². The Morgan fingerprint density at radius 3 is 1.66 bits per heavy atom. The number of phenolic OH excluding ortho intramolecular Hbond substituents is 1. The van der Waals surface area contributed by atoms with Crippen LogP contribution in [-0.2, 0) is 65.6 Å². The van der Waals surface area contributed by atoms with Gasteiger partial charge in [0.25, 0.3) is 0 Å². The summed E-state index contributed by atoms with van der Waals surface area (Å²) in [5, 5.41) is 61.4. The van der Waals surface area contributed by atoms with Crippen LogP contribution in [0, 0.1) is 11.8 Å². The maximum Gasteiger partial charge on any atom is 0.326 e. The molecule has 30 heteroatoms. The van der Waals surface area contributed by atoms with Crippen LogP contribution in [0.2, 0.25) is 0 Å². The third kappa shape index (κ3) is 23.3. The van der Waals surface area contributed by atoms with Crippen LogP contribution in [0.5, 0.6) is 5.75 Å². The zero-order chi connectivity index (χ0) is 63.8. The van der Waals surface area contributed by atoms with Crippen LogP contribution in [0.4, 0.5) is 0 Å². The molecule has 12 atom stereocenters. The van der Waals surface area contributed by atoms with Crippen molar-refractivity contribution in [2.45, 2.75) is 166 Å². The monoisotopic (exact) mass is 1190 g/mol. The van der Waals surface area contributed by atoms with Crippen LogP contribution < -0.4 is 71.2 Å². The van der Waals surface area contributed by atoms with Crippen LogP contribution in [0.1, 0.15) is 97.6 Å². The number of primary amides is 2. The van der Waals surface area contributed by atoms with Gasteiger partial charge in [0.05, 0.1) is 18.6 Å². The number of aromatic amines is 1. The van der Waals surface area contributed by atoms with E-state index in [0.29, 0.717) is 28.5 Å². The second kappa shape index (κ2) is 34.0. The number of benzene rings is 2. The number of guanidine groups is 1. The summed E-state index contributed by atoms with van der Waals surface area (Å²) in [6.45, 7) is 9.15. The quantitative estimate of drug-likeness (QED) is 0.0150. The Hall–Kier alpha value is -8.90. The first-order valence-electron chi connectivity index (χ1n) is 27.6. The molecular formula is C55H83N15O15. The van der Waals surface area contributed by atoms with Crippen LogP contribution >= 0.6 is 0 Å². The molecule has 0 saturated carbocycles. The topological polar surface area (TPSA) is 523 Å². The van der Waals surface area contributed by atoms with Gasteiger partial charge in [-0.3, -0.25) is 52.9 Å². The summed E-state index contributed by atoms with van der Waals surface area (Å²) in [5.74, 6) is -12.8. The lowest BCUT2D eigenvalue weighted by molar-refractivity contribution is -0.142. The summed E-state index contributed by atoms with van der Waals surface area (Å²) in [6, 6.07) is -1.76. The maximum absolute atomic E-state index is 14.6. The van der Waals surface area contributed by atoms with Gasteiger partial charge in [-0.1, -0.05) is 64.4 Å². The van der Waals surface area contributed by atoms with Crippen LogP contribution in [-0.4, -0.2) is 170 Å². The highest BCUT2D eigenvalue weighted by Crippen LogP contribution is 2.21. The third-order valence-corrected chi connectivity index (χ3v) is 13.7. The molecule has 23 N–H and O–H groups in total. The number of carbonyl (C=O) groups excluding carboxylic acids is 10. The van der Waals surface area contributed by atoms with Crippen molar-refractivity contribution >= 4 is 81.9 Å². The van der Waals surface area contributed by atoms with Gasteiger partial charge in [-0.05, 0) is 80.7 Å². The molecular weight excluding hydrogens is 1110 g/mol. The number of H-pyrrole nitrogens is 1. The predicted molar refractivity (Wildman–Crippen MR) is 309 cm³/mol. The SMILES string of the molecule is CC[C@H](C)[C@H](NC(=O)[C@@H](N)[C@@H](C)O)C(=O)N[C@@H](CC(N)=O)C(=O)N[C@@H](Cc1ccc(O)cc1)C(=O)N[C@H](C(=O)N[C@@H](CC(C)C)C(=O)N[C@@H](Cc1c[nH]c2ccccc12)C(=O)N[C@@H](CCCN=C(N)N)C(=O)N[C@@H](CCC(N)=O)C(=O)O)[C@@H](C)O. The Kier molecular flexibility index (Phi) is 28.2. The number of fused-ring (bicyclic) bond motifs is 1.